The summed E-state index contributed by atoms with van der Waals surface area (Å²) in [5.41, 5.74) is 1.47. The van der Waals surface area contributed by atoms with Crippen LogP contribution in [0.1, 0.15) is 12.5 Å². The number of likely N-dealkylation sites (N-methyl/N-ethyl adjacent to an activating group) is 1. The molecule has 1 rings (SSSR count). The van der Waals surface area contributed by atoms with Crippen LogP contribution < -0.4 is 4.90 Å². The molecule has 0 N–H and O–H groups in total. The minimum absolute atomic E-state index is 0.196. The van der Waals surface area contributed by atoms with Gasteiger partial charge in [-0.1, -0.05) is 22.5 Å². The lowest BCUT2D eigenvalue weighted by Gasteiger charge is -2.18. The van der Waals surface area contributed by atoms with Crippen molar-refractivity contribution in [2.75, 3.05) is 11.9 Å². The number of carbonyl (C=O) groups excluding carboxylic acids is 1. The highest BCUT2D eigenvalue weighted by molar-refractivity contribution is 9.10. The topological polar surface area (TPSA) is 44.1 Å². The molecule has 1 aromatic rings. The van der Waals surface area contributed by atoms with Gasteiger partial charge in [0.05, 0.1) is 11.3 Å². The number of hydrogen-bond donors (Lipinski definition) is 0. The first-order valence-electron chi connectivity index (χ1n) is 4.60. The van der Waals surface area contributed by atoms with Crippen molar-refractivity contribution < 1.29 is 4.79 Å². The molecule has 0 spiro atoms. The van der Waals surface area contributed by atoms with Crippen molar-refractivity contribution >= 4 is 27.5 Å². The van der Waals surface area contributed by atoms with Gasteiger partial charge in [-0.05, 0) is 25.1 Å². The average Bonchev–Trinajstić information content (AvgIpc) is 2.26. The molecule has 4 heteroatoms. The second-order valence-electron chi connectivity index (χ2n) is 3.42. The number of nitriles is 1. The molecule has 0 bridgehead atoms. The van der Waals surface area contributed by atoms with E-state index >= 15 is 0 Å². The summed E-state index contributed by atoms with van der Waals surface area (Å²) in [6.45, 7) is 5.23. The van der Waals surface area contributed by atoms with Gasteiger partial charge < -0.3 is 4.90 Å². The summed E-state index contributed by atoms with van der Waals surface area (Å²) in [4.78, 5) is 13.1. The van der Waals surface area contributed by atoms with Crippen molar-refractivity contribution in [3.63, 3.8) is 0 Å². The van der Waals surface area contributed by atoms with E-state index in [2.05, 4.69) is 28.6 Å². The molecule has 16 heavy (non-hydrogen) atoms. The van der Waals surface area contributed by atoms with Crippen molar-refractivity contribution in [1.29, 1.82) is 5.26 Å². The first-order valence-corrected chi connectivity index (χ1v) is 5.40. The van der Waals surface area contributed by atoms with Gasteiger partial charge in [0.15, 0.2) is 0 Å². The number of anilines is 1. The van der Waals surface area contributed by atoms with Gasteiger partial charge in [-0.3, -0.25) is 4.79 Å². The maximum Gasteiger partial charge on any atom is 0.253 e. The van der Waals surface area contributed by atoms with Gasteiger partial charge in [-0.2, -0.15) is 5.26 Å². The number of rotatable bonds is 2. The molecule has 1 aromatic carbocycles. The number of carbonyl (C=O) groups is 1. The maximum absolute atomic E-state index is 11.7. The van der Waals surface area contributed by atoms with Gasteiger partial charge >= 0.3 is 0 Å². The lowest BCUT2D eigenvalue weighted by Crippen LogP contribution is -2.27. The Morgan fingerprint density at radius 1 is 1.56 bits per heavy atom. The molecule has 0 fully saturated rings. The minimum atomic E-state index is -0.196. The summed E-state index contributed by atoms with van der Waals surface area (Å²) in [5.74, 6) is -0.196. The second-order valence-corrected chi connectivity index (χ2v) is 4.33. The van der Waals surface area contributed by atoms with Crippen molar-refractivity contribution in [2.45, 2.75) is 6.92 Å². The van der Waals surface area contributed by atoms with Crippen LogP contribution in [0.2, 0.25) is 0 Å². The Bertz CT molecular complexity index is 488. The molecule has 0 unspecified atom stereocenters. The van der Waals surface area contributed by atoms with Crippen molar-refractivity contribution in [1.82, 2.24) is 0 Å². The van der Waals surface area contributed by atoms with Gasteiger partial charge in [-0.15, -0.1) is 0 Å². The van der Waals surface area contributed by atoms with E-state index in [-0.39, 0.29) is 5.91 Å². The summed E-state index contributed by atoms with van der Waals surface area (Å²) in [7, 11) is 1.63. The highest BCUT2D eigenvalue weighted by atomic mass is 79.9. The Balaban J connectivity index is 3.19. The highest BCUT2D eigenvalue weighted by Gasteiger charge is 2.14. The summed E-state index contributed by atoms with van der Waals surface area (Å²) in [6, 6.07) is 7.25. The zero-order chi connectivity index (χ0) is 12.3. The fraction of sp³-hybridized carbons (Fsp3) is 0.167. The first-order chi connectivity index (χ1) is 7.47. The fourth-order valence-electron chi connectivity index (χ4n) is 1.29. The van der Waals surface area contributed by atoms with Gasteiger partial charge in [-0.25, -0.2) is 0 Å². The quantitative estimate of drug-likeness (QED) is 0.781. The van der Waals surface area contributed by atoms with Gasteiger partial charge in [0.25, 0.3) is 5.91 Å². The zero-order valence-corrected chi connectivity index (χ0v) is 10.7. The summed E-state index contributed by atoms with van der Waals surface area (Å²) >= 11 is 3.28. The molecule has 0 saturated heterocycles. The number of amides is 1. The zero-order valence-electron chi connectivity index (χ0n) is 9.12. The van der Waals surface area contributed by atoms with E-state index in [0.717, 1.165) is 4.47 Å². The largest absolute Gasteiger partial charge is 0.310 e. The van der Waals surface area contributed by atoms with E-state index in [1.165, 1.54) is 4.90 Å². The molecule has 0 aliphatic carbocycles. The first kappa shape index (κ1) is 12.5. The molecule has 1 amide bonds. The van der Waals surface area contributed by atoms with Gasteiger partial charge in [0.1, 0.15) is 6.07 Å². The molecular formula is C12H11BrN2O. The van der Waals surface area contributed by atoms with Crippen LogP contribution in [0.5, 0.6) is 0 Å². The van der Waals surface area contributed by atoms with Crippen LogP contribution in [0.25, 0.3) is 0 Å². The second kappa shape index (κ2) is 4.95. The predicted molar refractivity (Wildman–Crippen MR) is 67.1 cm³/mol. The Morgan fingerprint density at radius 2 is 2.19 bits per heavy atom. The monoisotopic (exact) mass is 278 g/mol. The number of benzene rings is 1. The van der Waals surface area contributed by atoms with Crippen LogP contribution >= 0.6 is 15.9 Å². The third kappa shape index (κ3) is 2.50. The van der Waals surface area contributed by atoms with Crippen LogP contribution in [0.15, 0.2) is 34.8 Å². The Hall–Kier alpha value is -1.60. The van der Waals surface area contributed by atoms with Crippen LogP contribution in [0.3, 0.4) is 0 Å². The predicted octanol–water partition coefficient (Wildman–Crippen LogP) is 2.86. The molecule has 82 valence electrons. The third-order valence-corrected chi connectivity index (χ3v) is 2.60. The molecule has 0 aliphatic heterocycles. The third-order valence-electron chi connectivity index (χ3n) is 2.11. The summed E-state index contributed by atoms with van der Waals surface area (Å²) < 4.78 is 0.809. The minimum Gasteiger partial charge on any atom is -0.310 e. The maximum atomic E-state index is 11.7. The number of halogens is 1. The van der Waals surface area contributed by atoms with Crippen molar-refractivity contribution in [3.8, 4) is 6.07 Å². The lowest BCUT2D eigenvalue weighted by molar-refractivity contribution is -0.114. The Kier molecular flexibility index (Phi) is 3.86. The Labute approximate surface area is 103 Å². The van der Waals surface area contributed by atoms with E-state index in [1.807, 2.05) is 0 Å². The molecule has 0 saturated carbocycles. The average molecular weight is 279 g/mol. The van der Waals surface area contributed by atoms with Crippen LogP contribution in [0.4, 0.5) is 5.69 Å². The molecule has 0 aliphatic rings. The number of hydrogen-bond acceptors (Lipinski definition) is 2. The Morgan fingerprint density at radius 3 is 2.69 bits per heavy atom. The van der Waals surface area contributed by atoms with Crippen molar-refractivity contribution in [3.05, 3.63) is 40.4 Å². The summed E-state index contributed by atoms with van der Waals surface area (Å²) in [5, 5.41) is 8.98. The lowest BCUT2D eigenvalue weighted by atomic mass is 10.1. The highest BCUT2D eigenvalue weighted by Crippen LogP contribution is 2.23. The number of nitrogens with zero attached hydrogens (tertiary/aromatic N) is 2. The van der Waals surface area contributed by atoms with Crippen LogP contribution in [-0.4, -0.2) is 13.0 Å². The van der Waals surface area contributed by atoms with Gasteiger partial charge in [0, 0.05) is 17.1 Å². The van der Waals surface area contributed by atoms with Crippen LogP contribution in [-0.2, 0) is 4.79 Å². The molecule has 0 radical (unpaired) electrons. The van der Waals surface area contributed by atoms with E-state index in [4.69, 9.17) is 5.26 Å². The van der Waals surface area contributed by atoms with E-state index in [0.29, 0.717) is 16.8 Å². The summed E-state index contributed by atoms with van der Waals surface area (Å²) in [6.07, 6.45) is 0. The molecule has 0 atom stereocenters. The molecular weight excluding hydrogens is 268 g/mol. The molecule has 3 nitrogen and oxygen atoms in total. The van der Waals surface area contributed by atoms with E-state index in [9.17, 15) is 4.79 Å². The molecule has 0 heterocycles. The van der Waals surface area contributed by atoms with E-state index in [1.54, 1.807) is 32.2 Å². The fourth-order valence-corrected chi connectivity index (χ4v) is 1.65. The normalized spacial score (nSPS) is 9.38. The molecule has 0 aromatic heterocycles. The smallest absolute Gasteiger partial charge is 0.253 e. The van der Waals surface area contributed by atoms with Gasteiger partial charge in [0.2, 0.25) is 0 Å². The van der Waals surface area contributed by atoms with E-state index < -0.39 is 0 Å². The standard InChI is InChI=1S/C12H11BrN2O/c1-8(2)12(16)15(3)11-5-4-10(13)6-9(11)7-14/h4-6H,1H2,2-3H3. The van der Waals surface area contributed by atoms with Crippen LogP contribution in [0, 0.1) is 11.3 Å². The van der Waals surface area contributed by atoms with Crippen molar-refractivity contribution in [2.24, 2.45) is 0 Å². The SMILES string of the molecule is C=C(C)C(=O)N(C)c1ccc(Br)cc1C#N.